The van der Waals surface area contributed by atoms with Crippen molar-refractivity contribution in [2.45, 2.75) is 199 Å². The summed E-state index contributed by atoms with van der Waals surface area (Å²) in [5.41, 5.74) is 0. The van der Waals surface area contributed by atoms with Crippen molar-refractivity contribution in [3.05, 3.63) is 24.3 Å². The van der Waals surface area contributed by atoms with Crippen molar-refractivity contribution in [3.63, 3.8) is 0 Å². The summed E-state index contributed by atoms with van der Waals surface area (Å²) in [6.07, 6.45) is 47.2. The standard InChI is InChI=1S/C42H73N/c1-4-6-7-8-10-35-19-29-41(30-20-35)43(40-27-11-33(3)12-28-40)42-31-21-37(22-32-42)14-13-36-17-25-39(26-18-36)38-23-15-34(9-5-2)16-24-38/h5,9,13-14,33-42H,4,6-8,10-12,15-32H2,1-3H3/b9-5+,14-13+. The maximum atomic E-state index is 3.20. The number of rotatable bonds is 12. The molecule has 0 aliphatic heterocycles. The van der Waals surface area contributed by atoms with Crippen molar-refractivity contribution in [1.82, 2.24) is 4.90 Å². The van der Waals surface area contributed by atoms with E-state index in [1.807, 2.05) is 0 Å². The van der Waals surface area contributed by atoms with Crippen LogP contribution in [-0.4, -0.2) is 23.0 Å². The van der Waals surface area contributed by atoms with Gasteiger partial charge in [-0.25, -0.2) is 0 Å². The molecule has 5 aliphatic rings. The van der Waals surface area contributed by atoms with E-state index in [4.69, 9.17) is 0 Å². The van der Waals surface area contributed by atoms with Gasteiger partial charge in [0.25, 0.3) is 0 Å². The Morgan fingerprint density at radius 2 is 0.930 bits per heavy atom. The van der Waals surface area contributed by atoms with Gasteiger partial charge in [0.15, 0.2) is 0 Å². The van der Waals surface area contributed by atoms with E-state index in [1.54, 1.807) is 0 Å². The molecule has 43 heavy (non-hydrogen) atoms. The number of hydrogen-bond donors (Lipinski definition) is 0. The van der Waals surface area contributed by atoms with Gasteiger partial charge in [0.2, 0.25) is 0 Å². The van der Waals surface area contributed by atoms with Gasteiger partial charge < -0.3 is 0 Å². The Bertz CT molecular complexity index is 787. The van der Waals surface area contributed by atoms with Crippen LogP contribution < -0.4 is 0 Å². The second-order valence-corrected chi connectivity index (χ2v) is 16.7. The molecule has 5 aliphatic carbocycles. The van der Waals surface area contributed by atoms with Crippen LogP contribution >= 0.6 is 0 Å². The highest BCUT2D eigenvalue weighted by atomic mass is 15.2. The van der Waals surface area contributed by atoms with Gasteiger partial charge in [-0.3, -0.25) is 4.90 Å². The summed E-state index contributed by atoms with van der Waals surface area (Å²) in [5, 5.41) is 0. The molecule has 0 atom stereocenters. The van der Waals surface area contributed by atoms with Crippen molar-refractivity contribution >= 4 is 0 Å². The first-order valence-corrected chi connectivity index (χ1v) is 20.2. The summed E-state index contributed by atoms with van der Waals surface area (Å²) in [5.74, 6) is 6.71. The Morgan fingerprint density at radius 3 is 1.42 bits per heavy atom. The molecular weight excluding hydrogens is 518 g/mol. The molecule has 0 aromatic carbocycles. The maximum absolute atomic E-state index is 3.20. The monoisotopic (exact) mass is 592 g/mol. The van der Waals surface area contributed by atoms with Crippen LogP contribution in [0.2, 0.25) is 0 Å². The molecule has 1 heteroatoms. The van der Waals surface area contributed by atoms with Crippen LogP contribution in [-0.2, 0) is 0 Å². The maximum Gasteiger partial charge on any atom is 0.0102 e. The van der Waals surface area contributed by atoms with Gasteiger partial charge in [0.1, 0.15) is 0 Å². The molecule has 0 saturated heterocycles. The summed E-state index contributed by atoms with van der Waals surface area (Å²) in [6.45, 7) is 7.05. The van der Waals surface area contributed by atoms with E-state index >= 15 is 0 Å². The molecule has 1 nitrogen and oxygen atoms in total. The van der Waals surface area contributed by atoms with Crippen molar-refractivity contribution in [2.75, 3.05) is 0 Å². The summed E-state index contributed by atoms with van der Waals surface area (Å²) >= 11 is 0. The first-order chi connectivity index (χ1) is 21.1. The molecule has 0 amide bonds. The second kappa shape index (κ2) is 18.0. The number of unbranched alkanes of at least 4 members (excludes halogenated alkanes) is 3. The summed E-state index contributed by atoms with van der Waals surface area (Å²) in [7, 11) is 0. The van der Waals surface area contributed by atoms with E-state index in [2.05, 4.69) is 50.0 Å². The second-order valence-electron chi connectivity index (χ2n) is 16.7. The minimum absolute atomic E-state index is 0.864. The average Bonchev–Trinajstić information content (AvgIpc) is 3.05. The molecule has 246 valence electrons. The summed E-state index contributed by atoms with van der Waals surface area (Å²) in [4.78, 5) is 3.20. The summed E-state index contributed by atoms with van der Waals surface area (Å²) in [6, 6.07) is 2.68. The minimum atomic E-state index is 0.864. The van der Waals surface area contributed by atoms with Crippen molar-refractivity contribution in [1.29, 1.82) is 0 Å². The molecule has 5 rings (SSSR count). The van der Waals surface area contributed by atoms with E-state index < -0.39 is 0 Å². The normalized spacial score (nSPS) is 40.0. The highest BCUT2D eigenvalue weighted by molar-refractivity contribution is 5.00. The summed E-state index contributed by atoms with van der Waals surface area (Å²) < 4.78 is 0. The third-order valence-electron chi connectivity index (χ3n) is 13.7. The lowest BCUT2D eigenvalue weighted by atomic mass is 9.69. The number of allylic oxidation sites excluding steroid dienone is 4. The van der Waals surface area contributed by atoms with E-state index in [9.17, 15) is 0 Å². The first-order valence-electron chi connectivity index (χ1n) is 20.2. The third kappa shape index (κ3) is 10.2. The van der Waals surface area contributed by atoms with Crippen LogP contribution in [0.3, 0.4) is 0 Å². The SMILES string of the molecule is C/C=C/C1CCC(C2CCC(/C=C/C3CCC(N(C4CCC(C)CC4)C4CCC(CCCCCC)CC4)CC3)CC2)CC1. The van der Waals surface area contributed by atoms with Crippen LogP contribution in [0.1, 0.15) is 181 Å². The topological polar surface area (TPSA) is 3.24 Å². The quantitative estimate of drug-likeness (QED) is 0.161. The lowest BCUT2D eigenvalue weighted by molar-refractivity contribution is 0.00650. The highest BCUT2D eigenvalue weighted by Crippen LogP contribution is 2.43. The van der Waals surface area contributed by atoms with Crippen LogP contribution in [0, 0.1) is 41.4 Å². The van der Waals surface area contributed by atoms with Crippen LogP contribution in [0.4, 0.5) is 0 Å². The average molecular weight is 592 g/mol. The molecule has 0 radical (unpaired) electrons. The van der Waals surface area contributed by atoms with Gasteiger partial charge >= 0.3 is 0 Å². The van der Waals surface area contributed by atoms with Gasteiger partial charge in [-0.05, 0) is 177 Å². The molecule has 5 fully saturated rings. The zero-order valence-electron chi connectivity index (χ0n) is 29.2. The number of hydrogen-bond acceptors (Lipinski definition) is 1. The van der Waals surface area contributed by atoms with Gasteiger partial charge in [-0.1, -0.05) is 70.3 Å². The Hall–Kier alpha value is -0.560. The molecule has 0 N–H and O–H groups in total. The first kappa shape index (κ1) is 33.8. The smallest absolute Gasteiger partial charge is 0.0102 e. The van der Waals surface area contributed by atoms with Crippen LogP contribution in [0.15, 0.2) is 24.3 Å². The Balaban J connectivity index is 1.05. The Labute approximate surface area is 269 Å². The predicted octanol–water partition coefficient (Wildman–Crippen LogP) is 12.7. The molecule has 5 saturated carbocycles. The van der Waals surface area contributed by atoms with E-state index in [0.29, 0.717) is 0 Å². The van der Waals surface area contributed by atoms with Gasteiger partial charge in [-0.2, -0.15) is 0 Å². The number of nitrogens with zero attached hydrogens (tertiary/aromatic N) is 1. The van der Waals surface area contributed by atoms with Gasteiger partial charge in [0.05, 0.1) is 0 Å². The third-order valence-corrected chi connectivity index (χ3v) is 13.7. The molecule has 0 bridgehead atoms. The molecule has 0 unspecified atom stereocenters. The van der Waals surface area contributed by atoms with Crippen molar-refractivity contribution in [2.24, 2.45) is 41.4 Å². The minimum Gasteiger partial charge on any atom is -0.294 e. The van der Waals surface area contributed by atoms with Crippen molar-refractivity contribution < 1.29 is 0 Å². The molecule has 0 heterocycles. The fourth-order valence-corrected chi connectivity index (χ4v) is 10.8. The lowest BCUT2D eigenvalue weighted by Gasteiger charge is -2.49. The van der Waals surface area contributed by atoms with Crippen LogP contribution in [0.5, 0.6) is 0 Å². The zero-order valence-corrected chi connectivity index (χ0v) is 29.2. The fourth-order valence-electron chi connectivity index (χ4n) is 10.8. The van der Waals surface area contributed by atoms with Crippen molar-refractivity contribution in [3.8, 4) is 0 Å². The Kier molecular flexibility index (Phi) is 14.1. The van der Waals surface area contributed by atoms with E-state index in [1.165, 1.54) is 161 Å². The molecule has 0 aromatic rings. The Morgan fingerprint density at radius 1 is 0.488 bits per heavy atom. The predicted molar refractivity (Wildman–Crippen MR) is 188 cm³/mol. The van der Waals surface area contributed by atoms with E-state index in [0.717, 1.165) is 59.6 Å². The molecule has 0 aromatic heterocycles. The molecular formula is C42H73N. The zero-order chi connectivity index (χ0) is 29.9. The van der Waals surface area contributed by atoms with E-state index in [-0.39, 0.29) is 0 Å². The van der Waals surface area contributed by atoms with Gasteiger partial charge in [0, 0.05) is 18.1 Å². The molecule has 0 spiro atoms. The largest absolute Gasteiger partial charge is 0.294 e. The van der Waals surface area contributed by atoms with Gasteiger partial charge in [-0.15, -0.1) is 0 Å². The highest BCUT2D eigenvalue weighted by Gasteiger charge is 2.37. The van der Waals surface area contributed by atoms with Crippen LogP contribution in [0.25, 0.3) is 0 Å². The fraction of sp³-hybridized carbons (Fsp3) is 0.905. The lowest BCUT2D eigenvalue weighted by Crippen LogP contribution is -2.52.